The van der Waals surface area contributed by atoms with Gasteiger partial charge in [0.1, 0.15) is 30.1 Å². The van der Waals surface area contributed by atoms with E-state index in [0.29, 0.717) is 0 Å². The molecule has 0 aliphatic rings. The van der Waals surface area contributed by atoms with Crippen molar-refractivity contribution in [1.29, 1.82) is 0 Å². The largest absolute Gasteiger partial charge is 0.494 e. The van der Waals surface area contributed by atoms with Crippen LogP contribution in [0.15, 0.2) is 0 Å². The lowest BCUT2D eigenvalue weighted by Gasteiger charge is -2.27. The summed E-state index contributed by atoms with van der Waals surface area (Å²) in [5.74, 6) is 0.0606. The van der Waals surface area contributed by atoms with Gasteiger partial charge in [-0.2, -0.15) is 0 Å². The number of hydrogen-bond donors (Lipinski definition) is 0. The van der Waals surface area contributed by atoms with Crippen LogP contribution in [0.25, 0.3) is 0 Å². The Morgan fingerprint density at radius 1 is 0.324 bits per heavy atom. The SMILES string of the molecule is COc1c(Cl)c(Cl)c(B(c2c(Cl)c(Cl)c(OC)c(Cl)c2Cl)c2c(Cl)c(Cl)c(OC)c(Cl)c2Cl)c(Cl)c1Cl. The average Bonchev–Trinajstić information content (AvgIpc) is 2.86. The number of rotatable bonds is 6. The second-order valence-electron chi connectivity index (χ2n) is 7.04. The molecule has 198 valence electrons. The molecule has 0 aromatic heterocycles. The van der Waals surface area contributed by atoms with Gasteiger partial charge >= 0.3 is 0 Å². The maximum Gasteiger partial charge on any atom is 0.253 e. The van der Waals surface area contributed by atoms with Gasteiger partial charge in [-0.15, -0.1) is 0 Å². The van der Waals surface area contributed by atoms with E-state index < -0.39 is 6.71 Å². The fourth-order valence-electron chi connectivity index (χ4n) is 3.62. The molecular formula is C21H9BCl12O3. The van der Waals surface area contributed by atoms with Crippen molar-refractivity contribution in [2.75, 3.05) is 21.3 Å². The molecular weight excluding hydrogens is 736 g/mol. The highest BCUT2D eigenvalue weighted by Gasteiger charge is 2.40. The molecule has 0 atom stereocenters. The first-order valence-electron chi connectivity index (χ1n) is 9.47. The van der Waals surface area contributed by atoms with Crippen molar-refractivity contribution in [3.63, 3.8) is 0 Å². The second kappa shape index (κ2) is 12.6. The maximum atomic E-state index is 6.73. The van der Waals surface area contributed by atoms with E-state index in [0.717, 1.165) is 0 Å². The molecule has 0 aliphatic carbocycles. The standard InChI is InChI=1S/C21H9BCl12O3/c1-35-19-13(29)7(23)4(8(24)14(19)30)22(5-9(25)15(31)20(36-2)16(32)10(5)26)6-11(27)17(33)21(37-3)18(34)12(6)28/h1-3H3. The normalized spacial score (nSPS) is 11.1. The number of methoxy groups -OCH3 is 3. The number of benzene rings is 3. The van der Waals surface area contributed by atoms with Crippen molar-refractivity contribution in [3.05, 3.63) is 60.3 Å². The maximum absolute atomic E-state index is 6.73. The Morgan fingerprint density at radius 2 is 0.486 bits per heavy atom. The first-order valence-corrected chi connectivity index (χ1v) is 14.0. The minimum atomic E-state index is -1.23. The van der Waals surface area contributed by atoms with E-state index in [1.807, 2.05) is 0 Å². The average molecular weight is 746 g/mol. The summed E-state index contributed by atoms with van der Waals surface area (Å²) in [6.07, 6.45) is 0. The first kappa shape index (κ1) is 32.1. The smallest absolute Gasteiger partial charge is 0.253 e. The Kier molecular flexibility index (Phi) is 11.0. The van der Waals surface area contributed by atoms with Crippen molar-refractivity contribution >= 4 is 162 Å². The summed E-state index contributed by atoms with van der Waals surface area (Å²) in [4.78, 5) is 0. The highest BCUT2D eigenvalue weighted by Crippen LogP contribution is 2.47. The highest BCUT2D eigenvalue weighted by molar-refractivity contribution is 7.02. The lowest BCUT2D eigenvalue weighted by molar-refractivity contribution is 0.415. The van der Waals surface area contributed by atoms with Crippen LogP contribution >= 0.6 is 139 Å². The van der Waals surface area contributed by atoms with Gasteiger partial charge in [-0.25, -0.2) is 0 Å². The van der Waals surface area contributed by atoms with Crippen LogP contribution in [0.3, 0.4) is 0 Å². The Balaban J connectivity index is 2.67. The summed E-state index contributed by atoms with van der Waals surface area (Å²) < 4.78 is 15.8. The summed E-state index contributed by atoms with van der Waals surface area (Å²) in [7, 11) is 4.01. The minimum Gasteiger partial charge on any atom is -0.494 e. The fraction of sp³-hybridized carbons (Fsp3) is 0.143. The molecule has 0 amide bonds. The van der Waals surface area contributed by atoms with Gasteiger partial charge in [-0.1, -0.05) is 139 Å². The molecule has 0 aliphatic heterocycles. The van der Waals surface area contributed by atoms with Gasteiger partial charge in [0.2, 0.25) is 0 Å². The van der Waals surface area contributed by atoms with Gasteiger partial charge in [0.05, 0.1) is 51.5 Å². The molecule has 0 heterocycles. The number of ether oxygens (including phenoxy) is 3. The van der Waals surface area contributed by atoms with Crippen molar-refractivity contribution in [1.82, 2.24) is 0 Å². The van der Waals surface area contributed by atoms with E-state index in [2.05, 4.69) is 0 Å². The number of halogens is 12. The van der Waals surface area contributed by atoms with Crippen molar-refractivity contribution in [2.24, 2.45) is 0 Å². The van der Waals surface area contributed by atoms with Crippen LogP contribution in [-0.2, 0) is 0 Å². The second-order valence-corrected chi connectivity index (χ2v) is 11.6. The topological polar surface area (TPSA) is 27.7 Å². The van der Waals surface area contributed by atoms with E-state index in [1.54, 1.807) is 0 Å². The van der Waals surface area contributed by atoms with Gasteiger partial charge < -0.3 is 14.2 Å². The van der Waals surface area contributed by atoms with Crippen molar-refractivity contribution in [3.8, 4) is 17.2 Å². The van der Waals surface area contributed by atoms with Gasteiger partial charge in [0.25, 0.3) is 6.71 Å². The summed E-state index contributed by atoms with van der Waals surface area (Å²) >= 11 is 79.3. The highest BCUT2D eigenvalue weighted by atomic mass is 35.5. The van der Waals surface area contributed by atoms with Crippen molar-refractivity contribution < 1.29 is 14.2 Å². The zero-order valence-electron chi connectivity index (χ0n) is 18.3. The molecule has 16 heteroatoms. The molecule has 3 aromatic rings. The summed E-state index contributed by atoms with van der Waals surface area (Å²) in [5.41, 5.74) is 0.212. The lowest BCUT2D eigenvalue weighted by atomic mass is 9.36. The molecule has 3 rings (SSSR count). The third-order valence-corrected chi connectivity index (χ3v) is 10.3. The number of hydrogen-bond acceptors (Lipinski definition) is 3. The molecule has 3 nitrogen and oxygen atoms in total. The van der Waals surface area contributed by atoms with Gasteiger partial charge in [0.15, 0.2) is 17.2 Å². The fourth-order valence-corrected chi connectivity index (χ4v) is 7.28. The van der Waals surface area contributed by atoms with Crippen molar-refractivity contribution in [2.45, 2.75) is 0 Å². The van der Waals surface area contributed by atoms with Crippen LogP contribution in [0.4, 0.5) is 0 Å². The third-order valence-electron chi connectivity index (χ3n) is 5.25. The van der Waals surface area contributed by atoms with Crippen LogP contribution in [0.5, 0.6) is 17.2 Å². The molecule has 0 bridgehead atoms. The molecule has 0 saturated carbocycles. The van der Waals surface area contributed by atoms with Crippen LogP contribution in [-0.4, -0.2) is 28.0 Å². The summed E-state index contributed by atoms with van der Waals surface area (Å²) in [6, 6.07) is 0. The Hall–Kier alpha value is 0.605. The third kappa shape index (κ3) is 5.34. The van der Waals surface area contributed by atoms with Gasteiger partial charge in [-0.3, -0.25) is 0 Å². The van der Waals surface area contributed by atoms with E-state index in [1.165, 1.54) is 21.3 Å². The van der Waals surface area contributed by atoms with E-state index in [4.69, 9.17) is 153 Å². The van der Waals surface area contributed by atoms with E-state index in [-0.39, 0.29) is 93.9 Å². The zero-order chi connectivity index (χ0) is 28.1. The first-order chi connectivity index (χ1) is 17.3. The molecule has 0 spiro atoms. The predicted octanol–water partition coefficient (Wildman–Crippen LogP) is 10.1. The Labute approximate surface area is 272 Å². The monoisotopic (exact) mass is 740 g/mol. The van der Waals surface area contributed by atoms with E-state index in [9.17, 15) is 0 Å². The molecule has 0 fully saturated rings. The van der Waals surface area contributed by atoms with Gasteiger partial charge in [0, 0.05) is 0 Å². The van der Waals surface area contributed by atoms with Crippen LogP contribution in [0.1, 0.15) is 0 Å². The molecule has 3 aromatic carbocycles. The lowest BCUT2D eigenvalue weighted by Crippen LogP contribution is -2.55. The van der Waals surface area contributed by atoms with Crippen LogP contribution < -0.4 is 30.6 Å². The molecule has 0 radical (unpaired) electrons. The zero-order valence-corrected chi connectivity index (χ0v) is 27.4. The minimum absolute atomic E-state index is 0.0202. The summed E-state index contributed by atoms with van der Waals surface area (Å²) in [6.45, 7) is -1.23. The molecule has 37 heavy (non-hydrogen) atoms. The summed E-state index contributed by atoms with van der Waals surface area (Å²) in [5, 5.41) is -1.01. The Bertz CT molecular complexity index is 1170. The molecule has 0 N–H and O–H groups in total. The van der Waals surface area contributed by atoms with Gasteiger partial charge in [-0.05, 0) is 16.4 Å². The quantitative estimate of drug-likeness (QED) is 0.186. The van der Waals surface area contributed by atoms with E-state index >= 15 is 0 Å². The van der Waals surface area contributed by atoms with Crippen LogP contribution in [0, 0.1) is 0 Å². The predicted molar refractivity (Wildman–Crippen MR) is 164 cm³/mol. The molecule has 0 saturated heterocycles. The Morgan fingerprint density at radius 3 is 0.622 bits per heavy atom. The van der Waals surface area contributed by atoms with Crippen LogP contribution in [0.2, 0.25) is 60.3 Å². The molecule has 0 unspecified atom stereocenters.